The number of aryl methyl sites for hydroxylation is 2. The first-order valence-corrected chi connectivity index (χ1v) is 20.9. The lowest BCUT2D eigenvalue weighted by molar-refractivity contribution is -0.704. The molecule has 1 heterocycles. The van der Waals surface area contributed by atoms with Gasteiger partial charge in [-0.1, -0.05) is 201 Å². The van der Waals surface area contributed by atoms with Gasteiger partial charge in [-0.05, 0) is 32.1 Å². The number of nitrogens with zero attached hydrogens (tertiary/aromatic N) is 2. The Hall–Kier alpha value is -0.790. The molecule has 260 valence electrons. The molecule has 0 unspecified atom stereocenters. The van der Waals surface area contributed by atoms with Crippen LogP contribution in [0.15, 0.2) is 12.4 Å². The fourth-order valence-corrected chi connectivity index (χ4v) is 7.03. The van der Waals surface area contributed by atoms with Crippen LogP contribution in [0.25, 0.3) is 0 Å². The summed E-state index contributed by atoms with van der Waals surface area (Å²) in [6.45, 7) is 9.40. The summed E-state index contributed by atoms with van der Waals surface area (Å²) < 4.78 is 5.27. The summed E-state index contributed by atoms with van der Waals surface area (Å²) in [7, 11) is 0. The molecule has 0 saturated heterocycles. The first kappa shape index (κ1) is 41.2. The average Bonchev–Trinajstić information content (AvgIpc) is 3.42. The van der Waals surface area contributed by atoms with Crippen molar-refractivity contribution < 1.29 is 4.57 Å². The van der Waals surface area contributed by atoms with Crippen molar-refractivity contribution in [1.82, 2.24) is 4.57 Å². The quantitative estimate of drug-likeness (QED) is 0.0524. The van der Waals surface area contributed by atoms with E-state index in [1.54, 1.807) is 5.82 Å². The average molecular weight is 616 g/mol. The molecule has 44 heavy (non-hydrogen) atoms. The van der Waals surface area contributed by atoms with Gasteiger partial charge in [-0.3, -0.25) is 0 Å². The van der Waals surface area contributed by atoms with Gasteiger partial charge in [0.15, 0.2) is 0 Å². The Kier molecular flexibility index (Phi) is 31.5. The molecule has 0 fully saturated rings. The Morgan fingerprint density at radius 2 is 0.705 bits per heavy atom. The van der Waals surface area contributed by atoms with E-state index in [0.29, 0.717) is 0 Å². The van der Waals surface area contributed by atoms with Crippen LogP contribution in [0.2, 0.25) is 0 Å². The Morgan fingerprint density at radius 3 is 1.09 bits per heavy atom. The molecule has 0 spiro atoms. The van der Waals surface area contributed by atoms with E-state index in [1.165, 1.54) is 231 Å². The number of rotatable bonds is 36. The van der Waals surface area contributed by atoms with Crippen molar-refractivity contribution in [3.8, 4) is 0 Å². The maximum Gasteiger partial charge on any atom is 0.256 e. The van der Waals surface area contributed by atoms with Crippen molar-refractivity contribution in [2.24, 2.45) is 0 Å². The summed E-state index contributed by atoms with van der Waals surface area (Å²) >= 11 is 0. The van der Waals surface area contributed by atoms with Gasteiger partial charge in [0.2, 0.25) is 0 Å². The number of aromatic nitrogens is 2. The van der Waals surface area contributed by atoms with Crippen LogP contribution in [-0.4, -0.2) is 4.57 Å². The Balaban J connectivity index is 2.25. The van der Waals surface area contributed by atoms with Crippen LogP contribution in [0.4, 0.5) is 0 Å². The highest BCUT2D eigenvalue weighted by Gasteiger charge is 2.16. The van der Waals surface area contributed by atoms with Crippen LogP contribution in [0.1, 0.15) is 238 Å². The maximum absolute atomic E-state index is 2.64. The normalized spacial score (nSPS) is 11.6. The summed E-state index contributed by atoms with van der Waals surface area (Å²) in [6.07, 6.45) is 53.4. The molecule has 0 amide bonds. The van der Waals surface area contributed by atoms with Gasteiger partial charge in [-0.25, -0.2) is 9.13 Å². The molecule has 1 rings (SSSR count). The van der Waals surface area contributed by atoms with Crippen LogP contribution < -0.4 is 4.57 Å². The molecule has 0 aromatic carbocycles. The summed E-state index contributed by atoms with van der Waals surface area (Å²) in [5.74, 6) is 1.62. The second-order valence-corrected chi connectivity index (χ2v) is 14.5. The van der Waals surface area contributed by atoms with E-state index < -0.39 is 0 Å². The molecular formula is C42H83N2+. The van der Waals surface area contributed by atoms with Crippen LogP contribution >= 0.6 is 0 Å². The summed E-state index contributed by atoms with van der Waals surface area (Å²) in [5.41, 5.74) is 0. The third-order valence-electron chi connectivity index (χ3n) is 10.1. The van der Waals surface area contributed by atoms with Gasteiger partial charge in [0, 0.05) is 6.42 Å². The van der Waals surface area contributed by atoms with Crippen LogP contribution in [-0.2, 0) is 19.5 Å². The smallest absolute Gasteiger partial charge is 0.234 e. The zero-order valence-corrected chi connectivity index (χ0v) is 31.0. The van der Waals surface area contributed by atoms with Crippen molar-refractivity contribution >= 4 is 0 Å². The Morgan fingerprint density at radius 1 is 0.386 bits per heavy atom. The fourth-order valence-electron chi connectivity index (χ4n) is 7.03. The topological polar surface area (TPSA) is 8.81 Å². The molecule has 0 radical (unpaired) electrons. The van der Waals surface area contributed by atoms with E-state index in [4.69, 9.17) is 0 Å². The molecule has 2 heteroatoms. The number of hydrogen-bond acceptors (Lipinski definition) is 0. The van der Waals surface area contributed by atoms with Crippen molar-refractivity contribution in [2.45, 2.75) is 252 Å². The van der Waals surface area contributed by atoms with Gasteiger partial charge < -0.3 is 0 Å². The monoisotopic (exact) mass is 616 g/mol. The van der Waals surface area contributed by atoms with Crippen LogP contribution in [0.3, 0.4) is 0 Å². The second kappa shape index (κ2) is 33.6. The lowest BCUT2D eigenvalue weighted by atomic mass is 10.0. The van der Waals surface area contributed by atoms with E-state index in [-0.39, 0.29) is 0 Å². The highest BCUT2D eigenvalue weighted by atomic mass is 15.1. The number of imidazole rings is 1. The molecular weight excluding hydrogens is 532 g/mol. The minimum Gasteiger partial charge on any atom is -0.234 e. The third kappa shape index (κ3) is 25.4. The van der Waals surface area contributed by atoms with Crippen molar-refractivity contribution in [3.63, 3.8) is 0 Å². The molecule has 0 saturated carbocycles. The molecule has 1 aromatic heterocycles. The Bertz CT molecular complexity index is 677. The van der Waals surface area contributed by atoms with Gasteiger partial charge in [-0.15, -0.1) is 0 Å². The molecule has 0 aliphatic rings. The number of hydrogen-bond donors (Lipinski definition) is 0. The molecule has 0 bridgehead atoms. The minimum atomic E-state index is 1.23. The third-order valence-corrected chi connectivity index (χ3v) is 10.1. The summed E-state index contributed by atoms with van der Waals surface area (Å²) in [5, 5.41) is 0. The van der Waals surface area contributed by atoms with E-state index >= 15 is 0 Å². The van der Waals surface area contributed by atoms with Crippen molar-refractivity contribution in [2.75, 3.05) is 0 Å². The van der Waals surface area contributed by atoms with Gasteiger partial charge in [-0.2, -0.15) is 0 Å². The van der Waals surface area contributed by atoms with E-state index in [9.17, 15) is 0 Å². The van der Waals surface area contributed by atoms with Gasteiger partial charge in [0.25, 0.3) is 5.82 Å². The predicted molar refractivity (Wildman–Crippen MR) is 198 cm³/mol. The second-order valence-electron chi connectivity index (χ2n) is 14.5. The SMILES string of the molecule is CCCCCCCCCCCCCCCCn1cc[n+](CCCCCCCCC)c1CCCCCCCCCCCCCC. The van der Waals surface area contributed by atoms with Crippen LogP contribution in [0.5, 0.6) is 0 Å². The predicted octanol–water partition coefficient (Wildman–Crippen LogP) is 14.3. The molecule has 0 N–H and O–H groups in total. The van der Waals surface area contributed by atoms with E-state index in [0.717, 1.165) is 0 Å². The first-order valence-electron chi connectivity index (χ1n) is 20.9. The highest BCUT2D eigenvalue weighted by molar-refractivity contribution is 4.84. The van der Waals surface area contributed by atoms with Gasteiger partial charge in [0.1, 0.15) is 12.4 Å². The van der Waals surface area contributed by atoms with Crippen molar-refractivity contribution in [1.29, 1.82) is 0 Å². The zero-order chi connectivity index (χ0) is 31.6. The van der Waals surface area contributed by atoms with Crippen molar-refractivity contribution in [3.05, 3.63) is 18.2 Å². The molecule has 1 aromatic rings. The fraction of sp³-hybridized carbons (Fsp3) is 0.929. The van der Waals surface area contributed by atoms with Gasteiger partial charge in [0.05, 0.1) is 13.1 Å². The van der Waals surface area contributed by atoms with E-state index in [2.05, 4.69) is 42.3 Å². The van der Waals surface area contributed by atoms with Gasteiger partial charge >= 0.3 is 0 Å². The first-order chi connectivity index (χ1) is 21.8. The highest BCUT2D eigenvalue weighted by Crippen LogP contribution is 2.16. The molecule has 0 atom stereocenters. The maximum atomic E-state index is 2.64. The largest absolute Gasteiger partial charge is 0.256 e. The number of unbranched alkanes of at least 4 members (excludes halogenated alkanes) is 30. The van der Waals surface area contributed by atoms with E-state index in [1.807, 2.05) is 0 Å². The molecule has 0 aliphatic heterocycles. The lowest BCUT2D eigenvalue weighted by Crippen LogP contribution is -2.37. The minimum absolute atomic E-state index is 1.23. The summed E-state index contributed by atoms with van der Waals surface area (Å²) in [4.78, 5) is 0. The molecule has 0 aliphatic carbocycles. The van der Waals surface area contributed by atoms with Crippen LogP contribution in [0, 0.1) is 0 Å². The molecule has 2 nitrogen and oxygen atoms in total. The lowest BCUT2D eigenvalue weighted by Gasteiger charge is -2.07. The Labute approximate surface area is 279 Å². The summed E-state index contributed by atoms with van der Waals surface area (Å²) in [6, 6.07) is 0. The zero-order valence-electron chi connectivity index (χ0n) is 31.0. The standard InChI is InChI=1S/C42H83N2/c1-4-7-10-13-16-18-20-22-23-25-27-30-33-36-39-44-41-40-43(38-35-32-29-15-12-9-6-3)42(44)37-34-31-28-26-24-21-19-17-14-11-8-5-2/h40-41H,4-39H2,1-3H3/q+1.